The van der Waals surface area contributed by atoms with Crippen molar-refractivity contribution < 1.29 is 14.6 Å². The van der Waals surface area contributed by atoms with Crippen molar-refractivity contribution in [1.82, 2.24) is 0 Å². The topological polar surface area (TPSA) is 64.7 Å². The van der Waals surface area contributed by atoms with E-state index in [4.69, 9.17) is 20.3 Å². The zero-order valence-electron chi connectivity index (χ0n) is 5.58. The molecule has 0 spiro atoms. The first-order valence-corrected chi connectivity index (χ1v) is 2.92. The van der Waals surface area contributed by atoms with Crippen LogP contribution in [0.1, 0.15) is 0 Å². The third-order valence-electron chi connectivity index (χ3n) is 1.37. The molecular formula is C5H12ClNO3. The van der Waals surface area contributed by atoms with Crippen LogP contribution >= 0.6 is 12.4 Å². The van der Waals surface area contributed by atoms with Gasteiger partial charge in [-0.1, -0.05) is 0 Å². The van der Waals surface area contributed by atoms with E-state index < -0.39 is 5.79 Å². The maximum atomic E-state index is 8.69. The Kier molecular flexibility index (Phi) is 4.15. The van der Waals surface area contributed by atoms with Crippen LogP contribution in [0.4, 0.5) is 0 Å². The Balaban J connectivity index is 0.000000810. The molecule has 0 aliphatic carbocycles. The normalized spacial score (nSPS) is 22.2. The Morgan fingerprint density at radius 3 is 2.10 bits per heavy atom. The van der Waals surface area contributed by atoms with Crippen LogP contribution in [-0.4, -0.2) is 37.3 Å². The van der Waals surface area contributed by atoms with E-state index in [0.717, 1.165) is 0 Å². The SMILES string of the molecule is Cl.NCC1(CO)OCCO1. The van der Waals surface area contributed by atoms with Crippen molar-refractivity contribution in [2.45, 2.75) is 5.79 Å². The molecular weight excluding hydrogens is 158 g/mol. The highest BCUT2D eigenvalue weighted by Crippen LogP contribution is 2.15. The lowest BCUT2D eigenvalue weighted by atomic mass is 10.3. The second-order valence-electron chi connectivity index (χ2n) is 1.97. The number of hydrogen-bond donors (Lipinski definition) is 2. The first-order chi connectivity index (χ1) is 4.33. The van der Waals surface area contributed by atoms with Gasteiger partial charge in [0.15, 0.2) is 0 Å². The lowest BCUT2D eigenvalue weighted by molar-refractivity contribution is -0.174. The van der Waals surface area contributed by atoms with Gasteiger partial charge in [-0.3, -0.25) is 0 Å². The average Bonchev–Trinajstić information content (AvgIpc) is 2.36. The molecule has 5 heteroatoms. The molecule has 0 bridgehead atoms. The van der Waals surface area contributed by atoms with E-state index in [1.165, 1.54) is 0 Å². The van der Waals surface area contributed by atoms with Gasteiger partial charge in [0, 0.05) is 6.54 Å². The molecule has 62 valence electrons. The molecule has 0 aromatic carbocycles. The summed E-state index contributed by atoms with van der Waals surface area (Å²) < 4.78 is 10.1. The summed E-state index contributed by atoms with van der Waals surface area (Å²) in [6.07, 6.45) is 0. The van der Waals surface area contributed by atoms with E-state index >= 15 is 0 Å². The van der Waals surface area contributed by atoms with Gasteiger partial charge in [-0.05, 0) is 0 Å². The largest absolute Gasteiger partial charge is 0.391 e. The smallest absolute Gasteiger partial charge is 0.204 e. The summed E-state index contributed by atoms with van der Waals surface area (Å²) in [5.74, 6) is -0.889. The van der Waals surface area contributed by atoms with Crippen molar-refractivity contribution in [3.63, 3.8) is 0 Å². The van der Waals surface area contributed by atoms with Crippen LogP contribution < -0.4 is 5.73 Å². The van der Waals surface area contributed by atoms with Gasteiger partial charge in [0.25, 0.3) is 0 Å². The lowest BCUT2D eigenvalue weighted by Gasteiger charge is -2.21. The van der Waals surface area contributed by atoms with E-state index in [1.54, 1.807) is 0 Å². The minimum Gasteiger partial charge on any atom is -0.391 e. The number of aliphatic hydroxyl groups is 1. The fourth-order valence-electron chi connectivity index (χ4n) is 0.771. The van der Waals surface area contributed by atoms with E-state index in [9.17, 15) is 0 Å². The quantitative estimate of drug-likeness (QED) is 0.563. The van der Waals surface area contributed by atoms with Gasteiger partial charge < -0.3 is 20.3 Å². The van der Waals surface area contributed by atoms with Crippen LogP contribution in [-0.2, 0) is 9.47 Å². The summed E-state index contributed by atoms with van der Waals surface area (Å²) in [4.78, 5) is 0. The number of hydrogen-bond acceptors (Lipinski definition) is 4. The van der Waals surface area contributed by atoms with Crippen LogP contribution in [0.25, 0.3) is 0 Å². The molecule has 0 radical (unpaired) electrons. The monoisotopic (exact) mass is 169 g/mol. The summed E-state index contributed by atoms with van der Waals surface area (Å²) in [6.45, 7) is 1.10. The summed E-state index contributed by atoms with van der Waals surface area (Å²) in [5, 5.41) is 8.69. The molecule has 1 heterocycles. The molecule has 0 unspecified atom stereocenters. The Bertz CT molecular complexity index is 88.9. The van der Waals surface area contributed by atoms with Crippen LogP contribution in [0.5, 0.6) is 0 Å². The van der Waals surface area contributed by atoms with E-state index in [1.807, 2.05) is 0 Å². The van der Waals surface area contributed by atoms with E-state index in [2.05, 4.69) is 0 Å². The van der Waals surface area contributed by atoms with E-state index in [-0.39, 0.29) is 25.6 Å². The molecule has 0 saturated carbocycles. The summed E-state index contributed by atoms with van der Waals surface area (Å²) >= 11 is 0. The van der Waals surface area contributed by atoms with Gasteiger partial charge in [-0.25, -0.2) is 0 Å². The Morgan fingerprint density at radius 1 is 1.40 bits per heavy atom. The van der Waals surface area contributed by atoms with Gasteiger partial charge in [0.05, 0.1) is 19.8 Å². The predicted octanol–water partition coefficient (Wildman–Crippen LogP) is -0.898. The van der Waals surface area contributed by atoms with Crippen molar-refractivity contribution in [3.8, 4) is 0 Å². The van der Waals surface area contributed by atoms with Gasteiger partial charge in [0.1, 0.15) is 0 Å². The first-order valence-electron chi connectivity index (χ1n) is 2.92. The highest BCUT2D eigenvalue weighted by Gasteiger charge is 2.33. The van der Waals surface area contributed by atoms with Crippen LogP contribution in [0.3, 0.4) is 0 Å². The van der Waals surface area contributed by atoms with Crippen LogP contribution in [0.15, 0.2) is 0 Å². The van der Waals surface area contributed by atoms with Gasteiger partial charge >= 0.3 is 0 Å². The molecule has 0 aromatic heterocycles. The Labute approximate surface area is 65.7 Å². The molecule has 1 aliphatic rings. The maximum absolute atomic E-state index is 8.69. The fourth-order valence-corrected chi connectivity index (χ4v) is 0.771. The van der Waals surface area contributed by atoms with Crippen molar-refractivity contribution in [1.29, 1.82) is 0 Å². The molecule has 0 atom stereocenters. The Morgan fingerprint density at radius 2 is 1.90 bits per heavy atom. The highest BCUT2D eigenvalue weighted by molar-refractivity contribution is 5.85. The third-order valence-corrected chi connectivity index (χ3v) is 1.37. The number of aliphatic hydroxyl groups excluding tert-OH is 1. The van der Waals surface area contributed by atoms with Crippen LogP contribution in [0, 0.1) is 0 Å². The number of rotatable bonds is 2. The second-order valence-corrected chi connectivity index (χ2v) is 1.97. The lowest BCUT2D eigenvalue weighted by Crippen LogP contribution is -2.42. The number of nitrogens with two attached hydrogens (primary N) is 1. The van der Waals surface area contributed by atoms with Crippen molar-refractivity contribution in [2.75, 3.05) is 26.4 Å². The summed E-state index contributed by atoms with van der Waals surface area (Å²) in [5.41, 5.74) is 5.27. The summed E-state index contributed by atoms with van der Waals surface area (Å²) in [7, 11) is 0. The van der Waals surface area contributed by atoms with Crippen molar-refractivity contribution in [2.24, 2.45) is 5.73 Å². The van der Waals surface area contributed by atoms with Crippen LogP contribution in [0.2, 0.25) is 0 Å². The molecule has 1 rings (SSSR count). The highest BCUT2D eigenvalue weighted by atomic mass is 35.5. The first kappa shape index (κ1) is 10.1. The molecule has 10 heavy (non-hydrogen) atoms. The minimum atomic E-state index is -0.889. The van der Waals surface area contributed by atoms with E-state index in [0.29, 0.717) is 13.2 Å². The molecule has 1 saturated heterocycles. The molecule has 3 N–H and O–H groups in total. The molecule has 0 amide bonds. The number of halogens is 1. The average molecular weight is 170 g/mol. The fraction of sp³-hybridized carbons (Fsp3) is 1.00. The van der Waals surface area contributed by atoms with Gasteiger partial charge in [-0.2, -0.15) is 0 Å². The summed E-state index contributed by atoms with van der Waals surface area (Å²) in [6, 6.07) is 0. The second kappa shape index (κ2) is 4.10. The minimum absolute atomic E-state index is 0. The zero-order valence-corrected chi connectivity index (χ0v) is 6.39. The molecule has 0 aromatic rings. The van der Waals surface area contributed by atoms with Gasteiger partial charge in [0.2, 0.25) is 5.79 Å². The Hall–Kier alpha value is 0.130. The van der Waals surface area contributed by atoms with Crippen molar-refractivity contribution in [3.05, 3.63) is 0 Å². The number of ether oxygens (including phenoxy) is 2. The molecule has 1 aliphatic heterocycles. The third kappa shape index (κ3) is 1.81. The van der Waals surface area contributed by atoms with Gasteiger partial charge in [-0.15, -0.1) is 12.4 Å². The standard InChI is InChI=1S/C5H11NO3.ClH/c6-3-5(4-7)8-1-2-9-5;/h7H,1-4,6H2;1H. The van der Waals surface area contributed by atoms with Crippen molar-refractivity contribution >= 4 is 12.4 Å². The maximum Gasteiger partial charge on any atom is 0.204 e. The molecule has 1 fully saturated rings. The predicted molar refractivity (Wildman–Crippen MR) is 38.0 cm³/mol. The zero-order chi connectivity index (χ0) is 6.74. The molecule has 4 nitrogen and oxygen atoms in total.